The smallest absolute Gasteiger partial charge is 0.421 e. The molecule has 49 heavy (non-hydrogen) atoms. The zero-order chi connectivity index (χ0) is 35.1. The van der Waals surface area contributed by atoms with Crippen LogP contribution in [0.25, 0.3) is 22.5 Å². The van der Waals surface area contributed by atoms with Crippen LogP contribution in [0.4, 0.5) is 21.0 Å². The molecule has 4 amide bonds. The van der Waals surface area contributed by atoms with Gasteiger partial charge in [-0.2, -0.15) is 0 Å². The Morgan fingerprint density at radius 2 is 1.20 bits per heavy atom. The molecule has 0 saturated carbocycles. The van der Waals surface area contributed by atoms with Crippen molar-refractivity contribution in [1.82, 2.24) is 30.2 Å². The van der Waals surface area contributed by atoms with Crippen molar-refractivity contribution in [2.45, 2.75) is 39.8 Å². The van der Waals surface area contributed by atoms with E-state index in [9.17, 15) is 19.2 Å². The Balaban J connectivity index is 0.000000191. The Hall–Kier alpha value is -6.58. The molecule has 0 aliphatic heterocycles. The zero-order valence-electron chi connectivity index (χ0n) is 27.2. The number of carbonyl (C=O) groups excluding carboxylic acids is 2. The van der Waals surface area contributed by atoms with Gasteiger partial charge in [0, 0.05) is 55.0 Å². The number of H-pyrrole nitrogens is 1. The fourth-order valence-corrected chi connectivity index (χ4v) is 4.32. The number of hydrogen-bond acceptors (Lipinski definition) is 10. The molecule has 6 rings (SSSR count). The quantitative estimate of drug-likeness (QED) is 0.134. The molecular weight excluding hydrogens is 636 g/mol. The Morgan fingerprint density at radius 1 is 0.714 bits per heavy atom. The highest BCUT2D eigenvalue weighted by Crippen LogP contribution is 2.29. The molecule has 0 unspecified atom stereocenters. The lowest BCUT2D eigenvalue weighted by atomic mass is 10.3. The molecule has 16 nitrogen and oxygen atoms in total. The number of benzene rings is 2. The molecule has 0 atom stereocenters. The number of pyridine rings is 2. The summed E-state index contributed by atoms with van der Waals surface area (Å²) >= 11 is 0. The van der Waals surface area contributed by atoms with Crippen LogP contribution < -0.4 is 42.3 Å². The van der Waals surface area contributed by atoms with E-state index < -0.39 is 11.5 Å². The van der Waals surface area contributed by atoms with Crippen LogP contribution in [-0.2, 0) is 7.05 Å². The predicted molar refractivity (Wildman–Crippen MR) is 181 cm³/mol. The summed E-state index contributed by atoms with van der Waals surface area (Å²) in [4.78, 5) is 56.8. The highest BCUT2D eigenvalue weighted by molar-refractivity contribution is 5.90. The number of oxazole rings is 2. The molecule has 0 aliphatic rings. The van der Waals surface area contributed by atoms with Gasteiger partial charge in [-0.05, 0) is 76.2 Å². The number of fused-ring (bicyclic) bond motifs is 2. The summed E-state index contributed by atoms with van der Waals surface area (Å²) in [5.74, 6) is 0.728. The van der Waals surface area contributed by atoms with Crippen molar-refractivity contribution < 1.29 is 27.9 Å². The van der Waals surface area contributed by atoms with E-state index in [1.54, 1.807) is 73.9 Å². The Kier molecular flexibility index (Phi) is 10.3. The van der Waals surface area contributed by atoms with Gasteiger partial charge in [0.1, 0.15) is 11.5 Å². The molecule has 2 aromatic carbocycles. The van der Waals surface area contributed by atoms with E-state index >= 15 is 0 Å². The first-order chi connectivity index (χ1) is 23.4. The lowest BCUT2D eigenvalue weighted by Crippen LogP contribution is -2.34. The largest absolute Gasteiger partial charge is 0.453 e. The number of carbonyl (C=O) groups is 2. The maximum Gasteiger partial charge on any atom is 0.421 e. The minimum atomic E-state index is -0.593. The van der Waals surface area contributed by atoms with Gasteiger partial charge in [-0.15, -0.1) is 0 Å². The van der Waals surface area contributed by atoms with Gasteiger partial charge in [-0.25, -0.2) is 29.1 Å². The fraction of sp³-hybridized carbons (Fsp3) is 0.212. The van der Waals surface area contributed by atoms with E-state index in [0.29, 0.717) is 45.7 Å². The van der Waals surface area contributed by atoms with Gasteiger partial charge >= 0.3 is 23.6 Å². The second-order valence-electron chi connectivity index (χ2n) is 11.1. The van der Waals surface area contributed by atoms with Crippen LogP contribution in [-0.4, -0.2) is 43.7 Å². The number of hydrogen-bond donors (Lipinski definition) is 5. The summed E-state index contributed by atoms with van der Waals surface area (Å²) in [5, 5.41) is 10.9. The summed E-state index contributed by atoms with van der Waals surface area (Å²) in [5.41, 5.74) is 2.53. The minimum absolute atomic E-state index is 0.0530. The summed E-state index contributed by atoms with van der Waals surface area (Å²) in [7, 11) is 1.58. The lowest BCUT2D eigenvalue weighted by molar-refractivity contribution is 0.249. The summed E-state index contributed by atoms with van der Waals surface area (Å²) in [6.45, 7) is 7.53. The van der Waals surface area contributed by atoms with Gasteiger partial charge in [0.15, 0.2) is 22.8 Å². The van der Waals surface area contributed by atoms with Crippen molar-refractivity contribution in [3.63, 3.8) is 0 Å². The van der Waals surface area contributed by atoms with Crippen molar-refractivity contribution in [1.29, 1.82) is 0 Å². The first-order valence-corrected chi connectivity index (χ1v) is 15.1. The number of urea groups is 2. The van der Waals surface area contributed by atoms with Gasteiger partial charge in [0.05, 0.1) is 0 Å². The number of rotatable bonds is 8. The zero-order valence-corrected chi connectivity index (χ0v) is 27.2. The van der Waals surface area contributed by atoms with E-state index in [2.05, 4.69) is 36.2 Å². The number of nitrogens with one attached hydrogen (secondary N) is 5. The average molecular weight is 671 g/mol. The topological polar surface area (TPSA) is 208 Å². The van der Waals surface area contributed by atoms with E-state index in [0.717, 1.165) is 0 Å². The number of anilines is 2. The monoisotopic (exact) mass is 670 g/mol. The molecule has 254 valence electrons. The maximum atomic E-state index is 11.7. The van der Waals surface area contributed by atoms with Gasteiger partial charge in [0.25, 0.3) is 0 Å². The molecule has 16 heteroatoms. The third-order valence-corrected chi connectivity index (χ3v) is 6.43. The summed E-state index contributed by atoms with van der Waals surface area (Å²) < 4.78 is 23.0. The second-order valence-corrected chi connectivity index (χ2v) is 11.1. The number of nitrogens with zero attached hydrogens (tertiary/aromatic N) is 3. The van der Waals surface area contributed by atoms with Crippen LogP contribution in [0.1, 0.15) is 27.7 Å². The highest BCUT2D eigenvalue weighted by Gasteiger charge is 2.14. The van der Waals surface area contributed by atoms with E-state index in [1.807, 2.05) is 27.7 Å². The molecule has 0 saturated heterocycles. The first kappa shape index (κ1) is 33.8. The van der Waals surface area contributed by atoms with Crippen molar-refractivity contribution >= 4 is 45.9 Å². The molecule has 0 aliphatic carbocycles. The average Bonchev–Trinajstić information content (AvgIpc) is 3.57. The van der Waals surface area contributed by atoms with Crippen LogP contribution in [0.3, 0.4) is 0 Å². The maximum absolute atomic E-state index is 11.7. The standard InChI is InChI=1S/C17H18N4O4.C16H16N4O4/c1-10(2)19-16(22)20-11-4-6-12(7-5-11)24-13-8-9-18-15-14(13)25-17(23)21(15)3;1-9(2)18-15(21)19-10-3-5-11(6-4-10)23-12-7-8-17-14-13(12)24-16(22)20-14/h4-10H,1-3H3,(H2,19,20,22);3-9H,1-2H3,(H,17,20,22)(H2,18,19,21). The molecule has 0 fully saturated rings. The van der Waals surface area contributed by atoms with Gasteiger partial charge < -0.3 is 39.6 Å². The Bertz CT molecular complexity index is 2180. The van der Waals surface area contributed by atoms with Crippen LogP contribution in [0.15, 0.2) is 91.5 Å². The van der Waals surface area contributed by atoms with Crippen LogP contribution in [0.2, 0.25) is 0 Å². The molecule has 4 heterocycles. The van der Waals surface area contributed by atoms with Gasteiger partial charge in [-0.1, -0.05) is 0 Å². The number of aromatic nitrogens is 4. The van der Waals surface area contributed by atoms with E-state index in [-0.39, 0.29) is 35.3 Å². The summed E-state index contributed by atoms with van der Waals surface area (Å²) in [6.07, 6.45) is 3.05. The van der Waals surface area contributed by atoms with E-state index in [4.69, 9.17) is 18.3 Å². The minimum Gasteiger partial charge on any atom is -0.453 e. The van der Waals surface area contributed by atoms with Crippen molar-refractivity contribution in [3.8, 4) is 23.0 Å². The number of aromatic amines is 1. The van der Waals surface area contributed by atoms with Crippen LogP contribution in [0.5, 0.6) is 23.0 Å². The lowest BCUT2D eigenvalue weighted by Gasteiger charge is -2.11. The predicted octanol–water partition coefficient (Wildman–Crippen LogP) is 5.69. The van der Waals surface area contributed by atoms with Crippen molar-refractivity contribution in [2.75, 3.05) is 10.6 Å². The second kappa shape index (κ2) is 14.9. The van der Waals surface area contributed by atoms with Gasteiger partial charge in [-0.3, -0.25) is 9.55 Å². The fourth-order valence-electron chi connectivity index (χ4n) is 4.32. The number of amides is 4. The summed E-state index contributed by atoms with van der Waals surface area (Å²) in [6, 6.07) is 16.4. The van der Waals surface area contributed by atoms with Crippen LogP contribution in [0, 0.1) is 0 Å². The molecule has 4 aromatic heterocycles. The van der Waals surface area contributed by atoms with Gasteiger partial charge in [0.2, 0.25) is 11.2 Å². The molecule has 0 radical (unpaired) electrons. The van der Waals surface area contributed by atoms with Crippen LogP contribution >= 0.6 is 0 Å². The molecule has 6 aromatic rings. The number of aryl methyl sites for hydroxylation is 1. The third kappa shape index (κ3) is 8.82. The molecule has 5 N–H and O–H groups in total. The third-order valence-electron chi connectivity index (χ3n) is 6.43. The van der Waals surface area contributed by atoms with Crippen molar-refractivity contribution in [2.24, 2.45) is 7.05 Å². The normalized spacial score (nSPS) is 10.8. The SMILES string of the molecule is CC(C)NC(=O)Nc1ccc(Oc2ccnc3[nH]c(=O)oc23)cc1.CC(C)NC(=O)Nc1ccc(Oc2ccnc3c2oc(=O)n3C)cc1. The Morgan fingerprint density at radius 3 is 1.71 bits per heavy atom. The van der Waals surface area contributed by atoms with E-state index in [1.165, 1.54) is 10.8 Å². The molecular formula is C33H34N8O8. The number of ether oxygens (including phenoxy) is 2. The van der Waals surface area contributed by atoms with Crippen molar-refractivity contribution in [3.05, 3.63) is 94.2 Å². The molecule has 0 spiro atoms. The first-order valence-electron chi connectivity index (χ1n) is 15.1. The molecule has 0 bridgehead atoms. The Labute approximate surface area is 278 Å². The highest BCUT2D eigenvalue weighted by atomic mass is 16.5.